The maximum atomic E-state index is 11.5. The molecule has 0 aliphatic rings. The summed E-state index contributed by atoms with van der Waals surface area (Å²) in [6.07, 6.45) is 1.47. The minimum absolute atomic E-state index is 0.147. The van der Waals surface area contributed by atoms with Gasteiger partial charge in [-0.15, -0.1) is 11.3 Å². The molecule has 106 valence electrons. The summed E-state index contributed by atoms with van der Waals surface area (Å²) in [5, 5.41) is 12.0. The number of hydrogen-bond acceptors (Lipinski definition) is 4. The van der Waals surface area contributed by atoms with Crippen molar-refractivity contribution in [3.05, 3.63) is 56.8 Å². The van der Waals surface area contributed by atoms with Gasteiger partial charge >= 0.3 is 5.97 Å². The van der Waals surface area contributed by atoms with Gasteiger partial charge in [-0.25, -0.2) is 4.79 Å². The molecule has 0 amide bonds. The number of aromatic nitrogens is 1. The number of halogens is 1. The van der Waals surface area contributed by atoms with Crippen LogP contribution in [0.3, 0.4) is 0 Å². The SMILES string of the molecule is O=C(O)c1c(OCc2sccc2Br)cnc2ccccc12. The van der Waals surface area contributed by atoms with Crippen LogP contribution in [0.15, 0.2) is 46.4 Å². The average molecular weight is 364 g/mol. The molecule has 2 heterocycles. The van der Waals surface area contributed by atoms with E-state index in [9.17, 15) is 9.90 Å². The Bertz CT molecular complexity index is 816. The van der Waals surface area contributed by atoms with Crippen molar-refractivity contribution in [1.29, 1.82) is 0 Å². The van der Waals surface area contributed by atoms with Gasteiger partial charge in [0.1, 0.15) is 12.2 Å². The summed E-state index contributed by atoms with van der Waals surface area (Å²) in [6.45, 7) is 0.304. The molecule has 0 fully saturated rings. The Hall–Kier alpha value is -1.92. The van der Waals surface area contributed by atoms with Crippen LogP contribution in [0.25, 0.3) is 10.9 Å². The Morgan fingerprint density at radius 2 is 2.14 bits per heavy atom. The molecule has 21 heavy (non-hydrogen) atoms. The van der Waals surface area contributed by atoms with Crippen molar-refractivity contribution in [2.45, 2.75) is 6.61 Å². The zero-order valence-electron chi connectivity index (χ0n) is 10.7. The Balaban J connectivity index is 2.00. The van der Waals surface area contributed by atoms with Gasteiger partial charge in [-0.2, -0.15) is 0 Å². The normalized spacial score (nSPS) is 10.7. The van der Waals surface area contributed by atoms with E-state index in [1.165, 1.54) is 6.20 Å². The summed E-state index contributed by atoms with van der Waals surface area (Å²) in [7, 11) is 0. The molecule has 0 unspecified atom stereocenters. The van der Waals surface area contributed by atoms with E-state index in [4.69, 9.17) is 4.74 Å². The molecule has 2 aromatic heterocycles. The van der Waals surface area contributed by atoms with Crippen LogP contribution in [0.1, 0.15) is 15.2 Å². The van der Waals surface area contributed by atoms with E-state index in [0.29, 0.717) is 17.5 Å². The number of nitrogens with zero attached hydrogens (tertiary/aromatic N) is 1. The van der Waals surface area contributed by atoms with Crippen molar-refractivity contribution >= 4 is 44.1 Å². The van der Waals surface area contributed by atoms with Gasteiger partial charge in [-0.3, -0.25) is 4.98 Å². The Morgan fingerprint density at radius 1 is 1.33 bits per heavy atom. The van der Waals surface area contributed by atoms with Gasteiger partial charge in [0.25, 0.3) is 0 Å². The molecule has 1 N–H and O–H groups in total. The molecule has 0 atom stereocenters. The maximum Gasteiger partial charge on any atom is 0.340 e. The number of para-hydroxylation sites is 1. The van der Waals surface area contributed by atoms with Crippen LogP contribution in [0.5, 0.6) is 5.75 Å². The van der Waals surface area contributed by atoms with Gasteiger partial charge in [0.2, 0.25) is 0 Å². The molecule has 4 nitrogen and oxygen atoms in total. The predicted octanol–water partition coefficient (Wildman–Crippen LogP) is 4.34. The number of fused-ring (bicyclic) bond motifs is 1. The van der Waals surface area contributed by atoms with E-state index in [1.807, 2.05) is 17.5 Å². The number of carbonyl (C=O) groups is 1. The van der Waals surface area contributed by atoms with Gasteiger partial charge in [-0.05, 0) is 33.4 Å². The van der Waals surface area contributed by atoms with E-state index in [0.717, 1.165) is 9.35 Å². The van der Waals surface area contributed by atoms with Gasteiger partial charge in [0.15, 0.2) is 5.75 Å². The second-order valence-electron chi connectivity index (χ2n) is 4.30. The molecule has 0 saturated carbocycles. The summed E-state index contributed by atoms with van der Waals surface area (Å²) >= 11 is 4.97. The highest BCUT2D eigenvalue weighted by Crippen LogP contribution is 2.29. The average Bonchev–Trinajstić information content (AvgIpc) is 2.89. The quantitative estimate of drug-likeness (QED) is 0.748. The van der Waals surface area contributed by atoms with Crippen LogP contribution in [-0.4, -0.2) is 16.1 Å². The molecular weight excluding hydrogens is 354 g/mol. The largest absolute Gasteiger partial charge is 0.485 e. The third-order valence-electron chi connectivity index (χ3n) is 3.00. The standard InChI is InChI=1S/C15H10BrNO3S/c16-10-5-6-21-13(10)8-20-12-7-17-11-4-2-1-3-9(11)14(12)15(18)19/h1-7H,8H2,(H,18,19). The van der Waals surface area contributed by atoms with Crippen LogP contribution in [-0.2, 0) is 6.61 Å². The number of rotatable bonds is 4. The molecule has 0 aliphatic heterocycles. The number of carboxylic acid groups (broad SMARTS) is 1. The first-order valence-corrected chi connectivity index (χ1v) is 7.80. The summed E-state index contributed by atoms with van der Waals surface area (Å²) < 4.78 is 6.63. The third-order valence-corrected chi connectivity index (χ3v) is 4.90. The van der Waals surface area contributed by atoms with Crippen molar-refractivity contribution in [3.8, 4) is 5.75 Å². The number of thiophene rings is 1. The first-order valence-electron chi connectivity index (χ1n) is 6.12. The molecule has 0 spiro atoms. The molecule has 0 bridgehead atoms. The first-order chi connectivity index (χ1) is 10.2. The van der Waals surface area contributed by atoms with E-state index >= 15 is 0 Å². The molecule has 0 saturated heterocycles. The van der Waals surface area contributed by atoms with Crippen LogP contribution in [0, 0.1) is 0 Å². The summed E-state index contributed by atoms with van der Waals surface area (Å²) in [4.78, 5) is 16.8. The van der Waals surface area contributed by atoms with Crippen LogP contribution >= 0.6 is 27.3 Å². The number of aromatic carboxylic acids is 1. The topological polar surface area (TPSA) is 59.4 Å². The lowest BCUT2D eigenvalue weighted by Crippen LogP contribution is -2.05. The van der Waals surface area contributed by atoms with E-state index in [-0.39, 0.29) is 11.3 Å². The van der Waals surface area contributed by atoms with Gasteiger partial charge < -0.3 is 9.84 Å². The Morgan fingerprint density at radius 3 is 2.86 bits per heavy atom. The zero-order valence-corrected chi connectivity index (χ0v) is 13.1. The number of hydrogen-bond donors (Lipinski definition) is 1. The fourth-order valence-corrected chi connectivity index (χ4v) is 3.40. The van der Waals surface area contributed by atoms with Gasteiger partial charge in [0.05, 0.1) is 16.6 Å². The minimum atomic E-state index is -1.02. The lowest BCUT2D eigenvalue weighted by molar-refractivity contribution is 0.0694. The Labute approximate surface area is 133 Å². The molecular formula is C15H10BrNO3S. The number of ether oxygens (including phenoxy) is 1. The minimum Gasteiger partial charge on any atom is -0.485 e. The second kappa shape index (κ2) is 5.83. The molecule has 6 heteroatoms. The fraction of sp³-hybridized carbons (Fsp3) is 0.0667. The van der Waals surface area contributed by atoms with Crippen LogP contribution < -0.4 is 4.74 Å². The van der Waals surface area contributed by atoms with Crippen molar-refractivity contribution in [2.75, 3.05) is 0 Å². The molecule has 0 radical (unpaired) electrons. The van der Waals surface area contributed by atoms with Crippen molar-refractivity contribution in [2.24, 2.45) is 0 Å². The maximum absolute atomic E-state index is 11.5. The summed E-state index contributed by atoms with van der Waals surface area (Å²) in [6, 6.07) is 9.06. The number of carboxylic acids is 1. The highest BCUT2D eigenvalue weighted by atomic mass is 79.9. The number of benzene rings is 1. The lowest BCUT2D eigenvalue weighted by Gasteiger charge is -2.10. The van der Waals surface area contributed by atoms with Crippen molar-refractivity contribution in [3.63, 3.8) is 0 Å². The number of pyridine rings is 1. The second-order valence-corrected chi connectivity index (χ2v) is 6.16. The molecule has 3 aromatic rings. The monoisotopic (exact) mass is 363 g/mol. The highest BCUT2D eigenvalue weighted by molar-refractivity contribution is 9.10. The predicted molar refractivity (Wildman–Crippen MR) is 85.1 cm³/mol. The fourth-order valence-electron chi connectivity index (χ4n) is 2.02. The highest BCUT2D eigenvalue weighted by Gasteiger charge is 2.17. The van der Waals surface area contributed by atoms with Crippen LogP contribution in [0.4, 0.5) is 0 Å². The van der Waals surface area contributed by atoms with Gasteiger partial charge in [-0.1, -0.05) is 18.2 Å². The smallest absolute Gasteiger partial charge is 0.340 e. The van der Waals surface area contributed by atoms with E-state index in [2.05, 4.69) is 20.9 Å². The van der Waals surface area contributed by atoms with Crippen molar-refractivity contribution in [1.82, 2.24) is 4.98 Å². The van der Waals surface area contributed by atoms with Gasteiger partial charge in [0, 0.05) is 9.86 Å². The molecule has 0 aliphatic carbocycles. The van der Waals surface area contributed by atoms with E-state index < -0.39 is 5.97 Å². The first kappa shape index (κ1) is 14.0. The lowest BCUT2D eigenvalue weighted by atomic mass is 10.1. The summed E-state index contributed by atoms with van der Waals surface area (Å²) in [5.41, 5.74) is 0.785. The zero-order chi connectivity index (χ0) is 14.8. The molecule has 1 aromatic carbocycles. The molecule has 3 rings (SSSR count). The van der Waals surface area contributed by atoms with Crippen LogP contribution in [0.2, 0.25) is 0 Å². The van der Waals surface area contributed by atoms with E-state index in [1.54, 1.807) is 29.5 Å². The summed E-state index contributed by atoms with van der Waals surface area (Å²) in [5.74, 6) is -0.740. The Kier molecular flexibility index (Phi) is 3.90. The third kappa shape index (κ3) is 2.77. The van der Waals surface area contributed by atoms with Crippen molar-refractivity contribution < 1.29 is 14.6 Å².